The van der Waals surface area contributed by atoms with Crippen LogP contribution in [-0.2, 0) is 5.60 Å². The smallest absolute Gasteiger partial charge is 0.321 e. The van der Waals surface area contributed by atoms with Gasteiger partial charge in [-0.25, -0.2) is 66.8 Å². The van der Waals surface area contributed by atoms with Gasteiger partial charge in [0.15, 0.2) is 11.6 Å². The van der Waals surface area contributed by atoms with Crippen molar-refractivity contribution in [1.29, 1.82) is 0 Å². The summed E-state index contributed by atoms with van der Waals surface area (Å²) >= 11 is 0. The van der Waals surface area contributed by atoms with Gasteiger partial charge in [-0.05, 0) is 137 Å². The van der Waals surface area contributed by atoms with Crippen molar-refractivity contribution in [2.24, 2.45) is 0 Å². The predicted octanol–water partition coefficient (Wildman–Crippen LogP) is 11.1. The van der Waals surface area contributed by atoms with Crippen LogP contribution in [0.25, 0.3) is 101 Å². The average molecular weight is 1250 g/mol. The Morgan fingerprint density at radius 1 is 0.500 bits per heavy atom. The summed E-state index contributed by atoms with van der Waals surface area (Å²) in [4.78, 5) is 91.4. The van der Waals surface area contributed by atoms with Gasteiger partial charge in [-0.3, -0.25) is 35.9 Å². The summed E-state index contributed by atoms with van der Waals surface area (Å²) < 4.78 is 57.3. The maximum Gasteiger partial charge on any atom is 0.321 e. The fourth-order valence-corrected chi connectivity index (χ4v) is 9.48. The third-order valence-corrected chi connectivity index (χ3v) is 13.5. The number of imidazole rings is 3. The van der Waals surface area contributed by atoms with Crippen molar-refractivity contribution in [1.82, 2.24) is 85.7 Å². The van der Waals surface area contributed by atoms with Gasteiger partial charge >= 0.3 is 18.1 Å². The summed E-state index contributed by atoms with van der Waals surface area (Å²) in [5.41, 5.74) is 6.81. The van der Waals surface area contributed by atoms with Crippen molar-refractivity contribution >= 4 is 69.0 Å². The average Bonchev–Trinajstić information content (AvgIpc) is 1.78. The van der Waals surface area contributed by atoms with Crippen molar-refractivity contribution in [3.8, 4) is 67.4 Å². The van der Waals surface area contributed by atoms with Crippen LogP contribution in [0.4, 0.5) is 49.8 Å². The Balaban J connectivity index is 0.000000152. The molecule has 1 unspecified atom stereocenters. The standard InChI is InChI=1S/C22H20F2N6O2.C22H22FN7O2.C19H16FN7O/c1-3-25-22(32)30-21-28-17-9-12(13-8-16(24)18(11(2)31)27-10-13)7-14(20(17)29-21)19-15(23)5-4-6-26-19;1-4-24-21(31)30-20-28-16-10-12(13-9-15(23)18(27-11-13)22(2,3)32)8-14(17(16)29-20)19-25-6-5-7-26-19;1-2-22-19(28)27-18-25-15-8-11(12-6-13(20)10-21-9-12)7-14(16(15)26-18)17-23-4-3-5-24-17/h4-11,31H,3H2,1-2H3,(H3,25,28,29,30,32);5-11,32H,4H2,1-3H3,(H3,24,28,29,30,31);3-10H,2H2,1H3,(H3,22,25,26,27,28). The molecule has 9 aromatic heterocycles. The lowest BCUT2D eigenvalue weighted by Crippen LogP contribution is -2.28. The maximum absolute atomic E-state index is 14.7. The number of fused-ring (bicyclic) bond motifs is 3. The third-order valence-electron chi connectivity index (χ3n) is 13.5. The highest BCUT2D eigenvalue weighted by atomic mass is 19.1. The Hall–Kier alpha value is -11.7. The van der Waals surface area contributed by atoms with E-state index in [1.54, 1.807) is 74.3 Å². The number of hydrogen-bond acceptors (Lipinski definition) is 16. The summed E-state index contributed by atoms with van der Waals surface area (Å²) in [6.07, 6.45) is 12.5. The lowest BCUT2D eigenvalue weighted by atomic mass is 9.99. The fraction of sp³-hybridized carbons (Fsp3) is 0.175. The lowest BCUT2D eigenvalue weighted by molar-refractivity contribution is 0.0695. The van der Waals surface area contributed by atoms with Gasteiger partial charge in [0.05, 0.1) is 28.9 Å². The number of nitrogens with one attached hydrogen (secondary N) is 9. The van der Waals surface area contributed by atoms with Crippen LogP contribution in [0.1, 0.15) is 59.0 Å². The zero-order valence-corrected chi connectivity index (χ0v) is 50.0. The molecule has 3 aromatic carbocycles. The number of benzene rings is 3. The molecule has 1 atom stereocenters. The van der Waals surface area contributed by atoms with Crippen LogP contribution in [0.2, 0.25) is 0 Å². The van der Waals surface area contributed by atoms with Gasteiger partial charge in [0.2, 0.25) is 17.8 Å². The minimum absolute atomic E-state index is 0.0380. The van der Waals surface area contributed by atoms with Gasteiger partial charge in [-0.2, -0.15) is 0 Å². The van der Waals surface area contributed by atoms with Crippen LogP contribution >= 0.6 is 0 Å². The number of aromatic nitrogens is 14. The molecule has 12 aromatic rings. The molecule has 0 radical (unpaired) electrons. The summed E-state index contributed by atoms with van der Waals surface area (Å²) in [6.45, 7) is 11.2. The minimum atomic E-state index is -1.40. The van der Waals surface area contributed by atoms with Crippen molar-refractivity contribution in [2.45, 2.75) is 53.2 Å². The number of aliphatic hydroxyl groups is 2. The molecule has 12 rings (SSSR count). The van der Waals surface area contributed by atoms with Crippen LogP contribution in [0.5, 0.6) is 0 Å². The van der Waals surface area contributed by atoms with Crippen LogP contribution in [0.3, 0.4) is 0 Å². The Morgan fingerprint density at radius 2 is 0.924 bits per heavy atom. The Labute approximate surface area is 520 Å². The molecule has 29 heteroatoms. The fourth-order valence-electron chi connectivity index (χ4n) is 9.48. The molecule has 11 N–H and O–H groups in total. The molecule has 0 saturated heterocycles. The lowest BCUT2D eigenvalue weighted by Gasteiger charge is -2.17. The number of nitrogens with zero attached hydrogens (tertiary/aromatic N) is 11. The summed E-state index contributed by atoms with van der Waals surface area (Å²) in [5.74, 6) is -0.669. The second kappa shape index (κ2) is 27.8. The zero-order valence-electron chi connectivity index (χ0n) is 50.0. The van der Waals surface area contributed by atoms with E-state index in [2.05, 4.69) is 102 Å². The molecule has 25 nitrogen and oxygen atoms in total. The highest BCUT2D eigenvalue weighted by Gasteiger charge is 2.25. The van der Waals surface area contributed by atoms with E-state index in [-0.39, 0.29) is 41.0 Å². The maximum atomic E-state index is 14.7. The van der Waals surface area contributed by atoms with Crippen LogP contribution in [-0.4, -0.2) is 118 Å². The second-order valence-corrected chi connectivity index (χ2v) is 20.7. The van der Waals surface area contributed by atoms with Gasteiger partial charge in [-0.15, -0.1) is 0 Å². The van der Waals surface area contributed by atoms with Crippen LogP contribution in [0, 0.1) is 23.3 Å². The molecule has 6 amide bonds. The van der Waals surface area contributed by atoms with E-state index in [4.69, 9.17) is 0 Å². The predicted molar refractivity (Wildman–Crippen MR) is 337 cm³/mol. The van der Waals surface area contributed by atoms with Gasteiger partial charge in [0.1, 0.15) is 62.5 Å². The number of aliphatic hydroxyl groups excluding tert-OH is 1. The van der Waals surface area contributed by atoms with Gasteiger partial charge in [0, 0.05) is 103 Å². The molecule has 0 aliphatic heterocycles. The Kier molecular flexibility index (Phi) is 19.1. The quantitative estimate of drug-likeness (QED) is 0.0451. The summed E-state index contributed by atoms with van der Waals surface area (Å²) in [5, 5.41) is 35.5. The van der Waals surface area contributed by atoms with E-state index >= 15 is 0 Å². The number of carbonyl (C=O) groups is 3. The SMILES string of the molecule is CCNC(=O)Nc1nc2c(-c3ncccc3F)cc(-c3cnc(C(C)O)c(F)c3)cc2[nH]1.CCNC(=O)Nc1nc2c(-c3ncccn3)cc(-c3cnc(C(C)(C)O)c(F)c3)cc2[nH]1.CCNC(=O)Nc1nc2c(-c3ncccn3)cc(-c3cncc(F)c3)cc2[nH]1. The number of halogens is 4. The molecule has 468 valence electrons. The van der Waals surface area contributed by atoms with Crippen LogP contribution in [0.15, 0.2) is 135 Å². The number of pyridine rings is 4. The highest BCUT2D eigenvalue weighted by Crippen LogP contribution is 2.37. The van der Waals surface area contributed by atoms with Crippen molar-refractivity contribution in [2.75, 3.05) is 35.6 Å². The van der Waals surface area contributed by atoms with Gasteiger partial charge < -0.3 is 41.1 Å². The molecular weight excluding hydrogens is 1190 g/mol. The third kappa shape index (κ3) is 14.7. The zero-order chi connectivity index (χ0) is 65.2. The Morgan fingerprint density at radius 3 is 1.34 bits per heavy atom. The first-order valence-corrected chi connectivity index (χ1v) is 28.5. The van der Waals surface area contributed by atoms with E-state index in [1.807, 2.05) is 26.0 Å². The number of rotatable bonds is 14. The van der Waals surface area contributed by atoms with Crippen molar-refractivity contribution in [3.63, 3.8) is 0 Å². The molecule has 0 bridgehead atoms. The second-order valence-electron chi connectivity index (χ2n) is 20.7. The molecule has 0 spiro atoms. The van der Waals surface area contributed by atoms with Crippen LogP contribution < -0.4 is 31.9 Å². The first-order chi connectivity index (χ1) is 44.3. The number of urea groups is 3. The van der Waals surface area contributed by atoms with Gasteiger partial charge in [-0.1, -0.05) is 0 Å². The molecule has 92 heavy (non-hydrogen) atoms. The van der Waals surface area contributed by atoms with Crippen molar-refractivity contribution in [3.05, 3.63) is 169 Å². The number of aromatic amines is 3. The topological polar surface area (TPSA) is 353 Å². The summed E-state index contributed by atoms with van der Waals surface area (Å²) in [6, 6.07) is 19.4. The minimum Gasteiger partial charge on any atom is -0.387 e. The summed E-state index contributed by atoms with van der Waals surface area (Å²) in [7, 11) is 0. The Bertz CT molecular complexity index is 4660. The molecule has 0 saturated carbocycles. The first-order valence-electron chi connectivity index (χ1n) is 28.5. The largest absolute Gasteiger partial charge is 0.387 e. The van der Waals surface area contributed by atoms with Crippen molar-refractivity contribution < 1.29 is 42.2 Å². The highest BCUT2D eigenvalue weighted by molar-refractivity contribution is 6.00. The van der Waals surface area contributed by atoms with E-state index in [0.29, 0.717) is 109 Å². The molecule has 0 fully saturated rings. The molecule has 0 aliphatic carbocycles. The monoisotopic (exact) mass is 1250 g/mol. The van der Waals surface area contributed by atoms with E-state index < -0.39 is 47.0 Å². The first kappa shape index (κ1) is 63.3. The number of H-pyrrole nitrogens is 3. The van der Waals surface area contributed by atoms with E-state index in [9.17, 15) is 42.2 Å². The molecule has 0 aliphatic rings. The molecule has 9 heterocycles. The van der Waals surface area contributed by atoms with E-state index in [1.165, 1.54) is 69.7 Å². The molecular formula is C63H58F4N20O5. The van der Waals surface area contributed by atoms with Gasteiger partial charge in [0.25, 0.3) is 0 Å². The number of carbonyl (C=O) groups excluding carboxylic acids is 3. The number of hydrogen-bond donors (Lipinski definition) is 11. The number of anilines is 3. The normalized spacial score (nSPS) is 11.5. The number of amides is 6. The van der Waals surface area contributed by atoms with E-state index in [0.717, 1.165) is 11.8 Å².